The summed E-state index contributed by atoms with van der Waals surface area (Å²) in [6.07, 6.45) is 0. The van der Waals surface area contributed by atoms with E-state index in [2.05, 4.69) is 13.8 Å². The Morgan fingerprint density at radius 1 is 1.62 bits per heavy atom. The highest BCUT2D eigenvalue weighted by Gasteiger charge is 1.92. The maximum atomic E-state index is 5.03. The van der Waals surface area contributed by atoms with E-state index < -0.39 is 0 Å². The average molecular weight is 132 g/mol. The summed E-state index contributed by atoms with van der Waals surface area (Å²) in [5.41, 5.74) is 0. The van der Waals surface area contributed by atoms with E-state index in [1.807, 2.05) is 0 Å². The third-order valence-corrected chi connectivity index (χ3v) is 0.738. The fourth-order valence-electron chi connectivity index (χ4n) is 0.284. The van der Waals surface area contributed by atoms with Crippen LogP contribution in [0.3, 0.4) is 0 Å². The third kappa shape index (κ3) is 5.89. The summed E-state index contributed by atoms with van der Waals surface area (Å²) in [5, 5.41) is 0.638. The molecule has 0 aromatic rings. The van der Waals surface area contributed by atoms with Gasteiger partial charge < -0.3 is 4.74 Å². The molecule has 0 atom stereocenters. The molecule has 2 heteroatoms. The smallest absolute Gasteiger partial charge is 0.156 e. The van der Waals surface area contributed by atoms with Crippen molar-refractivity contribution in [3.63, 3.8) is 0 Å². The highest BCUT2D eigenvalue weighted by Crippen LogP contribution is 1.92. The van der Waals surface area contributed by atoms with Gasteiger partial charge in [-0.05, 0) is 18.1 Å². The minimum absolute atomic E-state index is 0.577. The Labute approximate surface area is 56.0 Å². The Bertz CT molecular complexity index is 78.6. The van der Waals surface area contributed by atoms with Gasteiger partial charge in [0, 0.05) is 6.92 Å². The van der Waals surface area contributed by atoms with E-state index in [4.69, 9.17) is 17.0 Å². The van der Waals surface area contributed by atoms with Gasteiger partial charge in [-0.25, -0.2) is 0 Å². The number of hydrogen-bond donors (Lipinski definition) is 0. The van der Waals surface area contributed by atoms with Crippen LogP contribution < -0.4 is 0 Å². The molecule has 0 rings (SSSR count). The monoisotopic (exact) mass is 132 g/mol. The summed E-state index contributed by atoms with van der Waals surface area (Å²) < 4.78 is 5.03. The molecular weight excluding hydrogens is 120 g/mol. The van der Waals surface area contributed by atoms with Crippen LogP contribution in [0.25, 0.3) is 0 Å². The number of thiocarbonyl (C=S) groups is 1. The van der Waals surface area contributed by atoms with Gasteiger partial charge in [0.1, 0.15) is 0 Å². The second-order valence-electron chi connectivity index (χ2n) is 2.20. The number of hydrogen-bond acceptors (Lipinski definition) is 2. The highest BCUT2D eigenvalue weighted by atomic mass is 32.1. The van der Waals surface area contributed by atoms with Gasteiger partial charge in [-0.1, -0.05) is 13.8 Å². The molecule has 0 heterocycles. The molecule has 0 N–H and O–H groups in total. The Kier molecular flexibility index (Phi) is 3.79. The SMILES string of the molecule is CC(=S)OCC(C)C. The van der Waals surface area contributed by atoms with Gasteiger partial charge in [0.15, 0.2) is 5.05 Å². The van der Waals surface area contributed by atoms with Crippen LogP contribution in [0.4, 0.5) is 0 Å². The van der Waals surface area contributed by atoms with Crippen molar-refractivity contribution in [3.8, 4) is 0 Å². The van der Waals surface area contributed by atoms with Gasteiger partial charge >= 0.3 is 0 Å². The summed E-state index contributed by atoms with van der Waals surface area (Å²) in [6, 6.07) is 0. The lowest BCUT2D eigenvalue weighted by Crippen LogP contribution is -2.03. The molecule has 0 fully saturated rings. The predicted molar refractivity (Wildman–Crippen MR) is 39.1 cm³/mol. The molecule has 0 spiro atoms. The van der Waals surface area contributed by atoms with Crippen LogP contribution in [-0.4, -0.2) is 11.7 Å². The van der Waals surface area contributed by atoms with Crippen LogP contribution in [0, 0.1) is 5.92 Å². The fourth-order valence-corrected chi connectivity index (χ4v) is 0.352. The van der Waals surface area contributed by atoms with Crippen LogP contribution in [0.2, 0.25) is 0 Å². The summed E-state index contributed by atoms with van der Waals surface area (Å²) in [7, 11) is 0. The van der Waals surface area contributed by atoms with Crippen LogP contribution in [0.1, 0.15) is 20.8 Å². The van der Waals surface area contributed by atoms with Crippen molar-refractivity contribution in [1.29, 1.82) is 0 Å². The van der Waals surface area contributed by atoms with Crippen molar-refractivity contribution in [3.05, 3.63) is 0 Å². The summed E-state index contributed by atoms with van der Waals surface area (Å²) in [6.45, 7) is 6.73. The molecule has 0 saturated carbocycles. The molecule has 0 aliphatic heterocycles. The third-order valence-electron chi connectivity index (χ3n) is 0.620. The zero-order valence-electron chi connectivity index (χ0n) is 5.60. The Balaban J connectivity index is 3.05. The summed E-state index contributed by atoms with van der Waals surface area (Å²) in [5.74, 6) is 0.577. The minimum Gasteiger partial charge on any atom is -0.487 e. The maximum Gasteiger partial charge on any atom is 0.156 e. The topological polar surface area (TPSA) is 9.23 Å². The summed E-state index contributed by atoms with van der Waals surface area (Å²) >= 11 is 4.69. The van der Waals surface area contributed by atoms with E-state index in [0.717, 1.165) is 6.61 Å². The Morgan fingerprint density at radius 2 is 2.12 bits per heavy atom. The van der Waals surface area contributed by atoms with E-state index in [1.54, 1.807) is 6.92 Å². The molecule has 0 radical (unpaired) electrons. The molecule has 8 heavy (non-hydrogen) atoms. The first-order valence-electron chi connectivity index (χ1n) is 2.76. The van der Waals surface area contributed by atoms with Crippen molar-refractivity contribution in [2.75, 3.05) is 6.61 Å². The van der Waals surface area contributed by atoms with E-state index in [-0.39, 0.29) is 0 Å². The van der Waals surface area contributed by atoms with Crippen LogP contribution in [-0.2, 0) is 4.74 Å². The zero-order chi connectivity index (χ0) is 6.57. The first-order valence-corrected chi connectivity index (χ1v) is 3.17. The molecule has 0 aliphatic carbocycles. The molecule has 1 nitrogen and oxygen atoms in total. The van der Waals surface area contributed by atoms with Crippen molar-refractivity contribution in [1.82, 2.24) is 0 Å². The molecular formula is C6H12OS. The molecule has 0 aliphatic rings. The van der Waals surface area contributed by atoms with Crippen LogP contribution in [0.15, 0.2) is 0 Å². The molecule has 48 valence electrons. The first-order chi connectivity index (χ1) is 3.63. The standard InChI is InChI=1S/C6H12OS/c1-5(2)4-7-6(3)8/h5H,4H2,1-3H3. The largest absolute Gasteiger partial charge is 0.487 e. The van der Waals surface area contributed by atoms with E-state index in [0.29, 0.717) is 11.0 Å². The summed E-state index contributed by atoms with van der Waals surface area (Å²) in [4.78, 5) is 0. The second kappa shape index (κ2) is 3.84. The zero-order valence-corrected chi connectivity index (χ0v) is 6.42. The van der Waals surface area contributed by atoms with Crippen LogP contribution >= 0.6 is 12.2 Å². The fraction of sp³-hybridized carbons (Fsp3) is 0.833. The second-order valence-corrected chi connectivity index (χ2v) is 2.77. The maximum absolute atomic E-state index is 5.03. The van der Waals surface area contributed by atoms with Crippen molar-refractivity contribution in [2.24, 2.45) is 5.92 Å². The van der Waals surface area contributed by atoms with Crippen molar-refractivity contribution < 1.29 is 4.74 Å². The molecule has 0 aromatic carbocycles. The van der Waals surface area contributed by atoms with Gasteiger partial charge in [-0.3, -0.25) is 0 Å². The van der Waals surface area contributed by atoms with Gasteiger partial charge in [0.05, 0.1) is 6.61 Å². The van der Waals surface area contributed by atoms with E-state index in [1.165, 1.54) is 0 Å². The number of ether oxygens (including phenoxy) is 1. The predicted octanol–water partition coefficient (Wildman–Crippen LogP) is 2.01. The molecule has 0 aromatic heterocycles. The Morgan fingerprint density at radius 3 is 2.25 bits per heavy atom. The molecule has 0 unspecified atom stereocenters. The quantitative estimate of drug-likeness (QED) is 0.531. The molecule has 0 saturated heterocycles. The van der Waals surface area contributed by atoms with Crippen molar-refractivity contribution in [2.45, 2.75) is 20.8 Å². The van der Waals surface area contributed by atoms with Gasteiger partial charge in [-0.2, -0.15) is 0 Å². The van der Waals surface area contributed by atoms with Crippen molar-refractivity contribution >= 4 is 17.3 Å². The van der Waals surface area contributed by atoms with E-state index >= 15 is 0 Å². The Hall–Kier alpha value is -0.110. The van der Waals surface area contributed by atoms with E-state index in [9.17, 15) is 0 Å². The highest BCUT2D eigenvalue weighted by molar-refractivity contribution is 7.80. The minimum atomic E-state index is 0.577. The van der Waals surface area contributed by atoms with Gasteiger partial charge in [0.25, 0.3) is 0 Å². The lowest BCUT2D eigenvalue weighted by atomic mass is 10.2. The molecule has 0 amide bonds. The average Bonchev–Trinajstić information content (AvgIpc) is 1.61. The molecule has 0 bridgehead atoms. The number of rotatable bonds is 2. The lowest BCUT2D eigenvalue weighted by molar-refractivity contribution is 0.263. The first kappa shape index (κ1) is 7.89. The van der Waals surface area contributed by atoms with Crippen LogP contribution in [0.5, 0.6) is 0 Å². The van der Waals surface area contributed by atoms with Gasteiger partial charge in [0.2, 0.25) is 0 Å². The van der Waals surface area contributed by atoms with Gasteiger partial charge in [-0.15, -0.1) is 0 Å². The normalized spacial score (nSPS) is 9.50. The lowest BCUT2D eigenvalue weighted by Gasteiger charge is -2.04.